The minimum atomic E-state index is -1.82. The number of allylic oxidation sites excluding steroid dienone is 3. The highest BCUT2D eigenvalue weighted by atomic mass is 35.5. The molecule has 1 saturated carbocycles. The van der Waals surface area contributed by atoms with Gasteiger partial charge in [-0.1, -0.05) is 81.8 Å². The lowest BCUT2D eigenvalue weighted by Gasteiger charge is -2.38. The molecular formula is C23H39ClOSi2. The third-order valence-corrected chi connectivity index (χ3v) is 11.4. The Morgan fingerprint density at radius 2 is 1.78 bits per heavy atom. The molecule has 0 aromatic rings. The van der Waals surface area contributed by atoms with E-state index in [1.165, 1.54) is 5.57 Å². The van der Waals surface area contributed by atoms with Gasteiger partial charge in [0.2, 0.25) is 0 Å². The molecule has 4 heteroatoms. The first-order valence-electron chi connectivity index (χ1n) is 10.1. The van der Waals surface area contributed by atoms with Gasteiger partial charge >= 0.3 is 0 Å². The molecule has 0 aliphatic heterocycles. The van der Waals surface area contributed by atoms with Gasteiger partial charge in [-0.25, -0.2) is 0 Å². The Morgan fingerprint density at radius 3 is 2.26 bits per heavy atom. The van der Waals surface area contributed by atoms with E-state index in [0.29, 0.717) is 5.92 Å². The Kier molecular flexibility index (Phi) is 8.88. The molecule has 0 heterocycles. The van der Waals surface area contributed by atoms with E-state index in [4.69, 9.17) is 16.0 Å². The van der Waals surface area contributed by atoms with Crippen LogP contribution in [0.2, 0.25) is 37.8 Å². The Labute approximate surface area is 175 Å². The molecule has 0 spiro atoms. The minimum absolute atomic E-state index is 0.117. The first-order valence-corrected chi connectivity index (χ1v) is 17.0. The molecule has 152 valence electrons. The molecule has 0 aromatic heterocycles. The molecule has 0 bridgehead atoms. The molecule has 0 amide bonds. The van der Waals surface area contributed by atoms with Crippen molar-refractivity contribution in [3.8, 4) is 11.8 Å². The normalized spacial score (nSPS) is 22.8. The highest BCUT2D eigenvalue weighted by Crippen LogP contribution is 2.38. The first kappa shape index (κ1) is 24.5. The van der Waals surface area contributed by atoms with Crippen molar-refractivity contribution in [2.24, 2.45) is 5.92 Å². The van der Waals surface area contributed by atoms with Crippen molar-refractivity contribution >= 4 is 28.0 Å². The molecule has 1 rings (SSSR count). The van der Waals surface area contributed by atoms with Crippen LogP contribution >= 0.6 is 11.6 Å². The average Bonchev–Trinajstić information content (AvgIpc) is 3.14. The summed E-state index contributed by atoms with van der Waals surface area (Å²) in [6.07, 6.45) is 10.3. The molecule has 0 aromatic carbocycles. The number of hydrogen-bond acceptors (Lipinski definition) is 1. The minimum Gasteiger partial charge on any atom is -0.410 e. The standard InChI is InChI=1S/C23H39ClOSi2/c1-19(18-26(5,6)7)16-21(25-27(8,9)23(2,3)4)15-13-11-10-12-14-20-17-22(20)24/h10-11,13,15,18,20-22H,16-17H2,1-9H3/b11-10+,15-13+,19-18+/t20-,21+,22-/m1/s1. The van der Waals surface area contributed by atoms with Crippen LogP contribution in [0.4, 0.5) is 0 Å². The van der Waals surface area contributed by atoms with Gasteiger partial charge in [0.15, 0.2) is 8.32 Å². The molecule has 1 aliphatic carbocycles. The maximum atomic E-state index is 6.70. The van der Waals surface area contributed by atoms with E-state index in [2.05, 4.69) is 90.1 Å². The van der Waals surface area contributed by atoms with E-state index in [1.54, 1.807) is 0 Å². The zero-order valence-electron chi connectivity index (χ0n) is 18.8. The molecule has 27 heavy (non-hydrogen) atoms. The van der Waals surface area contributed by atoms with Crippen molar-refractivity contribution in [3.63, 3.8) is 0 Å². The van der Waals surface area contributed by atoms with Crippen molar-refractivity contribution in [3.05, 3.63) is 35.6 Å². The van der Waals surface area contributed by atoms with E-state index in [0.717, 1.165) is 12.8 Å². The molecule has 1 fully saturated rings. The van der Waals surface area contributed by atoms with E-state index >= 15 is 0 Å². The van der Waals surface area contributed by atoms with Crippen LogP contribution in [0.5, 0.6) is 0 Å². The maximum absolute atomic E-state index is 6.70. The van der Waals surface area contributed by atoms with Crippen molar-refractivity contribution in [1.82, 2.24) is 0 Å². The molecule has 0 radical (unpaired) electrons. The van der Waals surface area contributed by atoms with Crippen molar-refractivity contribution in [2.45, 2.75) is 89.8 Å². The smallest absolute Gasteiger partial charge is 0.192 e. The lowest BCUT2D eigenvalue weighted by Crippen LogP contribution is -2.43. The quantitative estimate of drug-likeness (QED) is 0.180. The van der Waals surface area contributed by atoms with Crippen molar-refractivity contribution < 1.29 is 4.43 Å². The second-order valence-electron chi connectivity index (χ2n) is 10.4. The number of rotatable bonds is 7. The first-order chi connectivity index (χ1) is 12.2. The number of alkyl halides is 1. The summed E-state index contributed by atoms with van der Waals surface area (Å²) in [7, 11) is -3.03. The molecule has 1 nitrogen and oxygen atoms in total. The summed E-state index contributed by atoms with van der Waals surface area (Å²) >= 11 is 5.97. The summed E-state index contributed by atoms with van der Waals surface area (Å²) in [6, 6.07) is 0. The predicted molar refractivity (Wildman–Crippen MR) is 128 cm³/mol. The van der Waals surface area contributed by atoms with Crippen LogP contribution in [0.15, 0.2) is 35.6 Å². The fraction of sp³-hybridized carbons (Fsp3) is 0.652. The molecule has 1 aliphatic rings. The Balaban J connectivity index is 2.82. The number of hydrogen-bond donors (Lipinski definition) is 0. The van der Waals surface area contributed by atoms with Crippen LogP contribution < -0.4 is 0 Å². The topological polar surface area (TPSA) is 9.23 Å². The Bertz CT molecular complexity index is 636. The van der Waals surface area contributed by atoms with Gasteiger partial charge in [0.05, 0.1) is 14.2 Å². The zero-order valence-corrected chi connectivity index (χ0v) is 21.6. The third-order valence-electron chi connectivity index (χ3n) is 5.05. The molecular weight excluding hydrogens is 384 g/mol. The predicted octanol–water partition coefficient (Wildman–Crippen LogP) is 7.33. The van der Waals surface area contributed by atoms with Crippen LogP contribution in [0, 0.1) is 17.8 Å². The fourth-order valence-electron chi connectivity index (χ4n) is 2.58. The SMILES string of the molecule is C/C(=C\[Si](C)(C)C)C[C@H](/C=C/C=C/C#C[C@@H]1C[C@H]1Cl)O[Si](C)(C)C(C)(C)C. The third kappa shape index (κ3) is 9.99. The van der Waals surface area contributed by atoms with Crippen LogP contribution in [0.1, 0.15) is 40.5 Å². The summed E-state index contributed by atoms with van der Waals surface area (Å²) in [5.41, 5.74) is 3.93. The average molecular weight is 423 g/mol. The molecule has 0 saturated heterocycles. The highest BCUT2D eigenvalue weighted by Gasteiger charge is 2.38. The lowest BCUT2D eigenvalue weighted by molar-refractivity contribution is 0.225. The van der Waals surface area contributed by atoms with Gasteiger partial charge < -0.3 is 4.43 Å². The van der Waals surface area contributed by atoms with Crippen LogP contribution in [-0.2, 0) is 4.43 Å². The van der Waals surface area contributed by atoms with E-state index < -0.39 is 16.4 Å². The molecule has 3 atom stereocenters. The summed E-state index contributed by atoms with van der Waals surface area (Å²) in [4.78, 5) is 0. The van der Waals surface area contributed by atoms with E-state index in [1.807, 2.05) is 12.2 Å². The Hall–Kier alpha value is -0.536. The second kappa shape index (κ2) is 9.79. The molecule has 0 unspecified atom stereocenters. The largest absolute Gasteiger partial charge is 0.410 e. The van der Waals surface area contributed by atoms with Gasteiger partial charge in [-0.3, -0.25) is 0 Å². The van der Waals surface area contributed by atoms with Crippen LogP contribution in [-0.4, -0.2) is 27.9 Å². The summed E-state index contributed by atoms with van der Waals surface area (Å²) in [6.45, 7) is 20.9. The van der Waals surface area contributed by atoms with Gasteiger partial charge in [0, 0.05) is 11.3 Å². The maximum Gasteiger partial charge on any atom is 0.192 e. The molecule has 0 N–H and O–H groups in total. The second-order valence-corrected chi connectivity index (χ2v) is 20.7. The van der Waals surface area contributed by atoms with Crippen LogP contribution in [0.25, 0.3) is 0 Å². The Morgan fingerprint density at radius 1 is 1.19 bits per heavy atom. The van der Waals surface area contributed by atoms with Crippen molar-refractivity contribution in [1.29, 1.82) is 0 Å². The van der Waals surface area contributed by atoms with Gasteiger partial charge in [-0.2, -0.15) is 0 Å². The van der Waals surface area contributed by atoms with Crippen molar-refractivity contribution in [2.75, 3.05) is 0 Å². The van der Waals surface area contributed by atoms with Gasteiger partial charge in [-0.05, 0) is 44.0 Å². The van der Waals surface area contributed by atoms with Gasteiger partial charge in [-0.15, -0.1) is 11.6 Å². The van der Waals surface area contributed by atoms with E-state index in [-0.39, 0.29) is 16.5 Å². The fourth-order valence-corrected chi connectivity index (χ4v) is 5.70. The monoisotopic (exact) mass is 422 g/mol. The lowest BCUT2D eigenvalue weighted by atomic mass is 10.1. The zero-order chi connectivity index (χ0) is 20.9. The highest BCUT2D eigenvalue weighted by molar-refractivity contribution is 6.81. The summed E-state index contributed by atoms with van der Waals surface area (Å²) < 4.78 is 6.70. The summed E-state index contributed by atoms with van der Waals surface area (Å²) in [5.74, 6) is 6.66. The van der Waals surface area contributed by atoms with Crippen LogP contribution in [0.3, 0.4) is 0 Å². The summed E-state index contributed by atoms with van der Waals surface area (Å²) in [5, 5.41) is 0.476. The van der Waals surface area contributed by atoms with Gasteiger partial charge in [0.1, 0.15) is 0 Å². The van der Waals surface area contributed by atoms with E-state index in [9.17, 15) is 0 Å². The number of halogens is 1. The van der Waals surface area contributed by atoms with Gasteiger partial charge in [0.25, 0.3) is 0 Å².